The van der Waals surface area contributed by atoms with Crippen LogP contribution >= 0.6 is 0 Å². The molecule has 5 rings (SSSR count). The van der Waals surface area contributed by atoms with E-state index in [-0.39, 0.29) is 11.4 Å². The van der Waals surface area contributed by atoms with Gasteiger partial charge in [-0.15, -0.1) is 0 Å². The zero-order valence-corrected chi connectivity index (χ0v) is 11.5. The molecule has 4 nitrogen and oxygen atoms in total. The molecule has 1 aliphatic heterocycles. The topological polar surface area (TPSA) is 58.7 Å². The minimum Gasteiger partial charge on any atom is -0.330 e. The van der Waals surface area contributed by atoms with E-state index >= 15 is 0 Å². The molecule has 0 spiro atoms. The molecular formula is C15H23N3O. The number of hydrogen-bond acceptors (Lipinski definition) is 3. The van der Waals surface area contributed by atoms with E-state index in [0.29, 0.717) is 13.0 Å². The normalized spacial score (nSPS) is 44.1. The van der Waals surface area contributed by atoms with E-state index in [1.54, 1.807) is 0 Å². The first-order valence-electron chi connectivity index (χ1n) is 7.78. The molecule has 4 saturated carbocycles. The number of amides is 1. The van der Waals surface area contributed by atoms with Crippen molar-refractivity contribution in [2.24, 2.45) is 28.6 Å². The molecule has 0 aromatic carbocycles. The van der Waals surface area contributed by atoms with Crippen LogP contribution < -0.4 is 5.73 Å². The highest BCUT2D eigenvalue weighted by Crippen LogP contribution is 2.58. The molecule has 0 unspecified atom stereocenters. The summed E-state index contributed by atoms with van der Waals surface area (Å²) >= 11 is 0. The second-order valence-corrected chi connectivity index (χ2v) is 7.23. The Labute approximate surface area is 114 Å². The number of rotatable bonds is 3. The summed E-state index contributed by atoms with van der Waals surface area (Å²) in [6.07, 6.45) is 9.09. The van der Waals surface area contributed by atoms with Crippen molar-refractivity contribution in [1.29, 1.82) is 0 Å². The first kappa shape index (κ1) is 11.9. The predicted molar refractivity (Wildman–Crippen MR) is 73.5 cm³/mol. The fraction of sp³-hybridized carbons (Fsp3) is 0.867. The van der Waals surface area contributed by atoms with Gasteiger partial charge in [0.2, 0.25) is 5.91 Å². The Kier molecular flexibility index (Phi) is 2.53. The van der Waals surface area contributed by atoms with Crippen LogP contribution in [0.4, 0.5) is 0 Å². The molecule has 0 aromatic heterocycles. The standard InChI is InChI=1S/C15H23N3O/c16-2-1-13-6-14(19)18(17-13)15-7-10-3-11(8-15)5-12(4-10)9-15/h10-12H,1-9,16H2. The van der Waals surface area contributed by atoms with Gasteiger partial charge in [0.15, 0.2) is 0 Å². The molecule has 5 aliphatic rings. The van der Waals surface area contributed by atoms with Crippen LogP contribution in [0.15, 0.2) is 5.10 Å². The Morgan fingerprint density at radius 3 is 2.26 bits per heavy atom. The summed E-state index contributed by atoms with van der Waals surface area (Å²) in [5, 5.41) is 6.57. The average molecular weight is 261 g/mol. The average Bonchev–Trinajstić information content (AvgIpc) is 2.70. The van der Waals surface area contributed by atoms with Gasteiger partial charge in [0.25, 0.3) is 0 Å². The van der Waals surface area contributed by atoms with E-state index < -0.39 is 0 Å². The summed E-state index contributed by atoms with van der Waals surface area (Å²) in [4.78, 5) is 12.3. The maximum atomic E-state index is 12.3. The zero-order chi connectivity index (χ0) is 13.0. The van der Waals surface area contributed by atoms with Gasteiger partial charge < -0.3 is 5.73 Å². The molecule has 4 heteroatoms. The maximum Gasteiger partial charge on any atom is 0.248 e. The largest absolute Gasteiger partial charge is 0.330 e. The van der Waals surface area contributed by atoms with Gasteiger partial charge in [-0.05, 0) is 62.8 Å². The minimum absolute atomic E-state index is 0.0855. The molecule has 104 valence electrons. The summed E-state index contributed by atoms with van der Waals surface area (Å²) < 4.78 is 0. The van der Waals surface area contributed by atoms with Gasteiger partial charge in [0.05, 0.1) is 12.0 Å². The molecule has 1 heterocycles. The third kappa shape index (κ3) is 1.76. The summed E-state index contributed by atoms with van der Waals surface area (Å²) in [6.45, 7) is 0.598. The van der Waals surface area contributed by atoms with Crippen molar-refractivity contribution in [3.8, 4) is 0 Å². The molecule has 2 N–H and O–H groups in total. The lowest BCUT2D eigenvalue weighted by Gasteiger charge is -2.58. The van der Waals surface area contributed by atoms with Crippen molar-refractivity contribution < 1.29 is 4.79 Å². The monoisotopic (exact) mass is 261 g/mol. The molecule has 4 bridgehead atoms. The predicted octanol–water partition coefficient (Wildman–Crippen LogP) is 1.89. The van der Waals surface area contributed by atoms with Gasteiger partial charge in [-0.25, -0.2) is 5.01 Å². The molecule has 0 aromatic rings. The van der Waals surface area contributed by atoms with E-state index in [2.05, 4.69) is 5.10 Å². The molecule has 0 radical (unpaired) electrons. The minimum atomic E-state index is 0.0855. The van der Waals surface area contributed by atoms with Gasteiger partial charge in [-0.1, -0.05) is 0 Å². The summed E-state index contributed by atoms with van der Waals surface area (Å²) in [5.74, 6) is 2.79. The third-order valence-electron chi connectivity index (χ3n) is 5.72. The van der Waals surface area contributed by atoms with Gasteiger partial charge in [0.1, 0.15) is 0 Å². The number of carbonyl (C=O) groups excluding carboxylic acids is 1. The van der Waals surface area contributed by atoms with Crippen LogP contribution in [-0.2, 0) is 4.79 Å². The first-order chi connectivity index (χ1) is 9.18. The smallest absolute Gasteiger partial charge is 0.248 e. The van der Waals surface area contributed by atoms with Crippen LogP contribution in [0.5, 0.6) is 0 Å². The Balaban J connectivity index is 1.63. The van der Waals surface area contributed by atoms with Crippen LogP contribution in [-0.4, -0.2) is 28.7 Å². The van der Waals surface area contributed by atoms with Crippen LogP contribution in [0.25, 0.3) is 0 Å². The van der Waals surface area contributed by atoms with E-state index in [1.165, 1.54) is 38.5 Å². The fourth-order valence-corrected chi connectivity index (χ4v) is 5.48. The number of nitrogens with two attached hydrogens (primary N) is 1. The van der Waals surface area contributed by atoms with Crippen molar-refractivity contribution in [1.82, 2.24) is 5.01 Å². The molecular weight excluding hydrogens is 238 g/mol. The number of hydrazone groups is 1. The van der Waals surface area contributed by atoms with E-state index in [9.17, 15) is 4.79 Å². The lowest BCUT2D eigenvalue weighted by molar-refractivity contribution is -0.147. The fourth-order valence-electron chi connectivity index (χ4n) is 5.48. The Morgan fingerprint density at radius 1 is 1.16 bits per heavy atom. The van der Waals surface area contributed by atoms with Gasteiger partial charge >= 0.3 is 0 Å². The zero-order valence-electron chi connectivity index (χ0n) is 11.5. The molecule has 0 saturated heterocycles. The third-order valence-corrected chi connectivity index (χ3v) is 5.72. The molecule has 19 heavy (non-hydrogen) atoms. The summed E-state index contributed by atoms with van der Waals surface area (Å²) in [7, 11) is 0. The highest BCUT2D eigenvalue weighted by molar-refractivity contribution is 6.05. The number of carbonyl (C=O) groups is 1. The highest BCUT2D eigenvalue weighted by Gasteiger charge is 2.56. The van der Waals surface area contributed by atoms with Crippen molar-refractivity contribution in [2.45, 2.75) is 56.9 Å². The lowest BCUT2D eigenvalue weighted by Crippen LogP contribution is -2.59. The second kappa shape index (κ2) is 4.05. The molecule has 4 aliphatic carbocycles. The van der Waals surface area contributed by atoms with Crippen LogP contribution in [0.1, 0.15) is 51.4 Å². The van der Waals surface area contributed by atoms with Gasteiger partial charge in [-0.3, -0.25) is 4.79 Å². The Morgan fingerprint density at radius 2 is 1.74 bits per heavy atom. The maximum absolute atomic E-state index is 12.3. The van der Waals surface area contributed by atoms with E-state index in [4.69, 9.17) is 5.73 Å². The SMILES string of the molecule is NCCC1=NN(C23CC4CC(CC(C4)C2)C3)C(=O)C1. The van der Waals surface area contributed by atoms with Crippen molar-refractivity contribution in [3.63, 3.8) is 0 Å². The van der Waals surface area contributed by atoms with E-state index in [0.717, 1.165) is 29.9 Å². The van der Waals surface area contributed by atoms with Crippen LogP contribution in [0.3, 0.4) is 0 Å². The summed E-state index contributed by atoms with van der Waals surface area (Å²) in [5.41, 5.74) is 6.68. The summed E-state index contributed by atoms with van der Waals surface area (Å²) in [6, 6.07) is 0. The Hall–Kier alpha value is -0.900. The van der Waals surface area contributed by atoms with Crippen LogP contribution in [0.2, 0.25) is 0 Å². The first-order valence-corrected chi connectivity index (χ1v) is 7.78. The number of hydrogen-bond donors (Lipinski definition) is 1. The second-order valence-electron chi connectivity index (χ2n) is 7.23. The van der Waals surface area contributed by atoms with Crippen molar-refractivity contribution in [3.05, 3.63) is 0 Å². The molecule has 1 amide bonds. The Bertz CT molecular complexity index is 407. The van der Waals surface area contributed by atoms with Crippen molar-refractivity contribution in [2.75, 3.05) is 6.54 Å². The number of nitrogens with zero attached hydrogens (tertiary/aromatic N) is 2. The van der Waals surface area contributed by atoms with E-state index in [1.807, 2.05) is 5.01 Å². The highest BCUT2D eigenvalue weighted by atomic mass is 16.2. The van der Waals surface area contributed by atoms with Crippen LogP contribution in [0, 0.1) is 17.8 Å². The molecule has 0 atom stereocenters. The quantitative estimate of drug-likeness (QED) is 0.843. The van der Waals surface area contributed by atoms with Gasteiger partial charge in [0, 0.05) is 12.1 Å². The van der Waals surface area contributed by atoms with Gasteiger partial charge in [-0.2, -0.15) is 5.10 Å². The van der Waals surface area contributed by atoms with Crippen molar-refractivity contribution >= 4 is 11.6 Å². The molecule has 4 fully saturated rings. The lowest BCUT2D eigenvalue weighted by atomic mass is 9.53.